The number of aromatic nitrogens is 5. The average molecular weight is 420 g/mol. The molecule has 3 aromatic rings. The number of anilines is 1. The summed E-state index contributed by atoms with van der Waals surface area (Å²) in [5.41, 5.74) is 2.89. The van der Waals surface area contributed by atoms with Gasteiger partial charge in [0.25, 0.3) is 0 Å². The number of carboxylic acids is 1. The van der Waals surface area contributed by atoms with Crippen LogP contribution in [0.2, 0.25) is 0 Å². The Bertz CT molecular complexity index is 1020. The highest BCUT2D eigenvalue weighted by Crippen LogP contribution is 2.20. The van der Waals surface area contributed by atoms with E-state index in [-0.39, 0.29) is 0 Å². The van der Waals surface area contributed by atoms with Gasteiger partial charge < -0.3 is 15.0 Å². The molecule has 1 aliphatic rings. The van der Waals surface area contributed by atoms with Crippen LogP contribution in [0.5, 0.6) is 0 Å². The minimum atomic E-state index is -5.08. The second kappa shape index (κ2) is 8.89. The molecule has 0 amide bonds. The number of aliphatic carboxylic acids is 1. The number of halogens is 3. The molecular weight excluding hydrogens is 401 g/mol. The van der Waals surface area contributed by atoms with Gasteiger partial charge in [-0.15, -0.1) is 0 Å². The normalized spacial score (nSPS) is 12.7. The lowest BCUT2D eigenvalue weighted by atomic mass is 10.2. The van der Waals surface area contributed by atoms with Gasteiger partial charge in [0, 0.05) is 25.2 Å². The van der Waals surface area contributed by atoms with Crippen LogP contribution in [-0.2, 0) is 24.3 Å². The van der Waals surface area contributed by atoms with Gasteiger partial charge in [0.05, 0.1) is 29.8 Å². The Morgan fingerprint density at radius 2 is 2.00 bits per heavy atom. The maximum atomic E-state index is 10.6. The maximum absolute atomic E-state index is 10.6. The molecule has 2 N–H and O–H groups in total. The Labute approximate surface area is 169 Å². The molecule has 0 spiro atoms. The second-order valence-corrected chi connectivity index (χ2v) is 6.48. The lowest BCUT2D eigenvalue weighted by Gasteiger charge is -2.09. The molecule has 0 saturated heterocycles. The molecule has 0 unspecified atom stereocenters. The molecule has 0 aliphatic carbocycles. The predicted octanol–water partition coefficient (Wildman–Crippen LogP) is 3.24. The predicted molar refractivity (Wildman–Crippen MR) is 102 cm³/mol. The zero-order chi connectivity index (χ0) is 21.7. The molecule has 0 saturated carbocycles. The molecule has 1 aliphatic heterocycles. The van der Waals surface area contributed by atoms with Crippen LogP contribution in [0.4, 0.5) is 19.0 Å². The summed E-state index contributed by atoms with van der Waals surface area (Å²) in [5.74, 6) is -0.0248. The van der Waals surface area contributed by atoms with Crippen LogP contribution in [0, 0.1) is 6.92 Å². The van der Waals surface area contributed by atoms with Gasteiger partial charge in [-0.05, 0) is 25.5 Å². The lowest BCUT2D eigenvalue weighted by Crippen LogP contribution is -2.21. The van der Waals surface area contributed by atoms with Gasteiger partial charge in [-0.2, -0.15) is 13.2 Å². The van der Waals surface area contributed by atoms with Gasteiger partial charge in [0.15, 0.2) is 0 Å². The minimum absolute atomic E-state index is 0.713. The first-order chi connectivity index (χ1) is 14.2. The van der Waals surface area contributed by atoms with Gasteiger partial charge in [-0.25, -0.2) is 19.7 Å². The summed E-state index contributed by atoms with van der Waals surface area (Å²) in [6.45, 7) is 3.67. The smallest absolute Gasteiger partial charge is 0.475 e. The molecule has 4 heterocycles. The van der Waals surface area contributed by atoms with E-state index < -0.39 is 12.1 Å². The van der Waals surface area contributed by atoms with Gasteiger partial charge in [-0.3, -0.25) is 4.98 Å². The van der Waals surface area contributed by atoms with E-state index >= 15 is 0 Å². The number of rotatable bonds is 4. The van der Waals surface area contributed by atoms with E-state index in [0.717, 1.165) is 36.0 Å². The number of carbonyl (C=O) groups is 1. The van der Waals surface area contributed by atoms with Crippen molar-refractivity contribution in [2.24, 2.45) is 0 Å². The molecule has 8 nitrogen and oxygen atoms in total. The first-order valence-corrected chi connectivity index (χ1v) is 9.08. The summed E-state index contributed by atoms with van der Waals surface area (Å²) >= 11 is 0. The quantitative estimate of drug-likeness (QED) is 0.667. The van der Waals surface area contributed by atoms with Crippen LogP contribution >= 0.6 is 0 Å². The van der Waals surface area contributed by atoms with Crippen molar-refractivity contribution in [3.63, 3.8) is 0 Å². The van der Waals surface area contributed by atoms with E-state index in [2.05, 4.69) is 29.8 Å². The molecule has 30 heavy (non-hydrogen) atoms. The molecule has 0 aromatic carbocycles. The second-order valence-electron chi connectivity index (χ2n) is 6.48. The van der Waals surface area contributed by atoms with Crippen molar-refractivity contribution in [2.45, 2.75) is 39.0 Å². The number of hydrogen-bond donors (Lipinski definition) is 2. The molecule has 4 rings (SSSR count). The number of alkyl halides is 3. The number of imidazole rings is 1. The van der Waals surface area contributed by atoms with E-state index in [1.165, 1.54) is 17.9 Å². The standard InChI is InChI=1S/C17H18N6.C2HF3O2/c1-12-21-15(14-5-2-3-7-18-14)9-16(22-12)19-10-13-11-20-17-6-4-8-23(13)17;3-2(4,5)1(6)7/h2-3,5,7,9,11H,4,6,8,10H2,1H3,(H,19,21,22);(H,6,7). The van der Waals surface area contributed by atoms with Crippen LogP contribution in [0.25, 0.3) is 11.4 Å². The molecule has 0 bridgehead atoms. The van der Waals surface area contributed by atoms with Crippen LogP contribution in [-0.4, -0.2) is 41.8 Å². The number of fused-ring (bicyclic) bond motifs is 1. The minimum Gasteiger partial charge on any atom is -0.475 e. The van der Waals surface area contributed by atoms with E-state index in [4.69, 9.17) is 9.90 Å². The van der Waals surface area contributed by atoms with Crippen molar-refractivity contribution in [3.05, 3.63) is 54.0 Å². The van der Waals surface area contributed by atoms with Crippen molar-refractivity contribution in [1.29, 1.82) is 0 Å². The molecule has 158 valence electrons. The molecule has 0 atom stereocenters. The third-order valence-electron chi connectivity index (χ3n) is 4.26. The third-order valence-corrected chi connectivity index (χ3v) is 4.26. The van der Waals surface area contributed by atoms with Gasteiger partial charge in [-0.1, -0.05) is 6.07 Å². The summed E-state index contributed by atoms with van der Waals surface area (Å²) in [6, 6.07) is 7.76. The summed E-state index contributed by atoms with van der Waals surface area (Å²) in [4.78, 5) is 26.7. The van der Waals surface area contributed by atoms with Gasteiger partial charge >= 0.3 is 12.1 Å². The molecule has 0 fully saturated rings. The highest BCUT2D eigenvalue weighted by atomic mass is 19.4. The topological polar surface area (TPSA) is 106 Å². The van der Waals surface area contributed by atoms with Crippen molar-refractivity contribution in [2.75, 3.05) is 5.32 Å². The fourth-order valence-electron chi connectivity index (χ4n) is 2.95. The molecule has 3 aromatic heterocycles. The van der Waals surface area contributed by atoms with Crippen LogP contribution < -0.4 is 5.32 Å². The van der Waals surface area contributed by atoms with E-state index in [1.807, 2.05) is 37.4 Å². The first-order valence-electron chi connectivity index (χ1n) is 9.08. The maximum Gasteiger partial charge on any atom is 0.490 e. The Balaban J connectivity index is 0.000000318. The third kappa shape index (κ3) is 5.31. The van der Waals surface area contributed by atoms with Crippen molar-refractivity contribution in [3.8, 4) is 11.4 Å². The monoisotopic (exact) mass is 420 g/mol. The van der Waals surface area contributed by atoms with E-state index in [0.29, 0.717) is 6.54 Å². The lowest BCUT2D eigenvalue weighted by molar-refractivity contribution is -0.192. The van der Waals surface area contributed by atoms with Crippen LogP contribution in [0.1, 0.15) is 23.8 Å². The highest BCUT2D eigenvalue weighted by Gasteiger charge is 2.38. The van der Waals surface area contributed by atoms with E-state index in [1.54, 1.807) is 6.20 Å². The Morgan fingerprint density at radius 1 is 1.23 bits per heavy atom. The van der Waals surface area contributed by atoms with Crippen molar-refractivity contribution < 1.29 is 23.1 Å². The SMILES string of the molecule is Cc1nc(NCc2cnc3n2CCC3)cc(-c2ccccn2)n1.O=C(O)C(F)(F)F. The number of pyridine rings is 1. The van der Waals surface area contributed by atoms with Gasteiger partial charge in [0.2, 0.25) is 0 Å². The van der Waals surface area contributed by atoms with Crippen LogP contribution in [0.3, 0.4) is 0 Å². The summed E-state index contributed by atoms with van der Waals surface area (Å²) in [6.07, 6.45) is 0.910. The Morgan fingerprint density at radius 3 is 2.67 bits per heavy atom. The summed E-state index contributed by atoms with van der Waals surface area (Å²) in [7, 11) is 0. The first kappa shape index (κ1) is 21.2. The average Bonchev–Trinajstić information content (AvgIpc) is 3.31. The molecule has 0 radical (unpaired) electrons. The molecule has 11 heteroatoms. The summed E-state index contributed by atoms with van der Waals surface area (Å²) < 4.78 is 34.0. The zero-order valence-electron chi connectivity index (χ0n) is 16.0. The van der Waals surface area contributed by atoms with Crippen LogP contribution in [0.15, 0.2) is 36.7 Å². The Kier molecular flexibility index (Phi) is 6.28. The number of nitrogens with zero attached hydrogens (tertiary/aromatic N) is 5. The molecular formula is C19H19F3N6O2. The van der Waals surface area contributed by atoms with Crippen molar-refractivity contribution in [1.82, 2.24) is 24.5 Å². The largest absolute Gasteiger partial charge is 0.490 e. The fourth-order valence-corrected chi connectivity index (χ4v) is 2.95. The number of carboxylic acid groups (broad SMARTS) is 1. The van der Waals surface area contributed by atoms with E-state index in [9.17, 15) is 13.2 Å². The number of aryl methyl sites for hydroxylation is 2. The van der Waals surface area contributed by atoms with Gasteiger partial charge in [0.1, 0.15) is 17.5 Å². The zero-order valence-corrected chi connectivity index (χ0v) is 16.0. The summed E-state index contributed by atoms with van der Waals surface area (Å²) in [5, 5.41) is 10.5. The van der Waals surface area contributed by atoms with Crippen molar-refractivity contribution >= 4 is 11.8 Å². The fraction of sp³-hybridized carbons (Fsp3) is 0.316. The number of hydrogen-bond acceptors (Lipinski definition) is 6. The highest BCUT2D eigenvalue weighted by molar-refractivity contribution is 5.73. The number of nitrogens with one attached hydrogen (secondary N) is 1. The Hall–Kier alpha value is -3.50.